The van der Waals surface area contributed by atoms with Gasteiger partial charge < -0.3 is 5.11 Å². The quantitative estimate of drug-likeness (QED) is 0.771. The highest BCUT2D eigenvalue weighted by Gasteiger charge is 2.45. The molecule has 1 aliphatic carbocycles. The van der Waals surface area contributed by atoms with Crippen molar-refractivity contribution in [2.24, 2.45) is 5.41 Å². The molecule has 0 radical (unpaired) electrons. The van der Waals surface area contributed by atoms with Crippen LogP contribution in [0.25, 0.3) is 0 Å². The first-order chi connectivity index (χ1) is 7.79. The fourth-order valence-electron chi connectivity index (χ4n) is 2.02. The van der Waals surface area contributed by atoms with Crippen LogP contribution in [0.1, 0.15) is 46.5 Å². The fraction of sp³-hybridized carbons (Fsp3) is 0.846. The van der Waals surface area contributed by atoms with E-state index in [1.807, 2.05) is 0 Å². The van der Waals surface area contributed by atoms with Crippen LogP contribution in [0.4, 0.5) is 0 Å². The molecule has 0 unspecified atom stereocenters. The van der Waals surface area contributed by atoms with Crippen LogP contribution >= 0.6 is 0 Å². The van der Waals surface area contributed by atoms with Gasteiger partial charge >= 0.3 is 5.97 Å². The first-order valence-electron chi connectivity index (χ1n) is 6.13. The van der Waals surface area contributed by atoms with Crippen molar-refractivity contribution in [3.63, 3.8) is 0 Å². The summed E-state index contributed by atoms with van der Waals surface area (Å²) in [6.07, 6.45) is 2.95. The smallest absolute Gasteiger partial charge is 0.304 e. The Labute approximate surface area is 103 Å². The van der Waals surface area contributed by atoms with E-state index in [0.717, 1.165) is 19.4 Å². The van der Waals surface area contributed by atoms with Crippen LogP contribution in [0.3, 0.4) is 0 Å². The molecule has 4 heteroatoms. The first kappa shape index (κ1) is 14.0. The zero-order valence-electron chi connectivity index (χ0n) is 11.0. The van der Waals surface area contributed by atoms with Crippen molar-refractivity contribution < 1.29 is 9.90 Å². The lowest BCUT2D eigenvalue weighted by molar-refractivity contribution is -0.137. The second-order valence-electron chi connectivity index (χ2n) is 6.07. The molecule has 0 heterocycles. The van der Waals surface area contributed by atoms with E-state index in [-0.39, 0.29) is 17.4 Å². The number of hydrogen-bond acceptors (Lipinski definition) is 3. The zero-order valence-corrected chi connectivity index (χ0v) is 11.0. The molecule has 17 heavy (non-hydrogen) atoms. The van der Waals surface area contributed by atoms with Crippen molar-refractivity contribution in [3.8, 4) is 6.07 Å². The number of carboxylic acid groups (broad SMARTS) is 1. The Morgan fingerprint density at radius 3 is 2.41 bits per heavy atom. The highest BCUT2D eigenvalue weighted by atomic mass is 16.4. The summed E-state index contributed by atoms with van der Waals surface area (Å²) in [5.74, 6) is -0.760. The minimum absolute atomic E-state index is 0.0412. The van der Waals surface area contributed by atoms with Crippen LogP contribution < -0.4 is 0 Å². The minimum Gasteiger partial charge on any atom is -0.481 e. The van der Waals surface area contributed by atoms with E-state index >= 15 is 0 Å². The van der Waals surface area contributed by atoms with Gasteiger partial charge in [-0.2, -0.15) is 5.26 Å². The third-order valence-electron chi connectivity index (χ3n) is 3.48. The van der Waals surface area contributed by atoms with Crippen LogP contribution in [-0.4, -0.2) is 34.6 Å². The Morgan fingerprint density at radius 1 is 1.47 bits per heavy atom. The maximum Gasteiger partial charge on any atom is 0.304 e. The van der Waals surface area contributed by atoms with Crippen molar-refractivity contribution in [2.75, 3.05) is 13.1 Å². The number of carbonyl (C=O) groups is 1. The van der Waals surface area contributed by atoms with Gasteiger partial charge in [0.2, 0.25) is 0 Å². The zero-order chi connectivity index (χ0) is 13.1. The largest absolute Gasteiger partial charge is 0.481 e. The van der Waals surface area contributed by atoms with Crippen LogP contribution in [0.5, 0.6) is 0 Å². The fourth-order valence-corrected chi connectivity index (χ4v) is 2.02. The SMILES string of the molecule is CC(C)(C)N(CCC(=O)O)CC1(CC#N)CC1. The summed E-state index contributed by atoms with van der Waals surface area (Å²) in [4.78, 5) is 12.9. The Bertz CT molecular complexity index is 321. The summed E-state index contributed by atoms with van der Waals surface area (Å²) >= 11 is 0. The van der Waals surface area contributed by atoms with Gasteiger partial charge in [-0.15, -0.1) is 0 Å². The van der Waals surface area contributed by atoms with Crippen LogP contribution in [-0.2, 0) is 4.79 Å². The molecule has 96 valence electrons. The molecule has 0 aromatic heterocycles. The molecule has 1 fully saturated rings. The molecule has 0 aromatic rings. The Morgan fingerprint density at radius 2 is 2.06 bits per heavy atom. The molecule has 1 N–H and O–H groups in total. The van der Waals surface area contributed by atoms with Crippen molar-refractivity contribution in [3.05, 3.63) is 0 Å². The van der Waals surface area contributed by atoms with E-state index in [1.165, 1.54) is 0 Å². The highest BCUT2D eigenvalue weighted by Crippen LogP contribution is 2.49. The van der Waals surface area contributed by atoms with E-state index in [9.17, 15) is 4.79 Å². The molecule has 0 spiro atoms. The maximum absolute atomic E-state index is 10.7. The molecule has 0 atom stereocenters. The number of nitriles is 1. The summed E-state index contributed by atoms with van der Waals surface area (Å²) in [5, 5.41) is 17.6. The lowest BCUT2D eigenvalue weighted by atomic mass is 9.97. The standard InChI is InChI=1S/C13H22N2O2/c1-12(2,3)15(9-4-11(16)17)10-13(5-6-13)7-8-14/h4-7,9-10H2,1-3H3,(H,16,17). The van der Waals surface area contributed by atoms with E-state index in [2.05, 4.69) is 31.7 Å². The summed E-state index contributed by atoms with van der Waals surface area (Å²) < 4.78 is 0. The van der Waals surface area contributed by atoms with Gasteiger partial charge in [-0.25, -0.2) is 0 Å². The van der Waals surface area contributed by atoms with Gasteiger partial charge in [-0.3, -0.25) is 9.69 Å². The Hall–Kier alpha value is -1.08. The molecule has 0 amide bonds. The van der Waals surface area contributed by atoms with Gasteiger partial charge in [-0.1, -0.05) is 0 Å². The molecule has 0 bridgehead atoms. The molecule has 0 aliphatic heterocycles. The molecule has 1 aliphatic rings. The average Bonchev–Trinajstić information content (AvgIpc) is 2.91. The molecule has 1 saturated carbocycles. The monoisotopic (exact) mass is 238 g/mol. The normalized spacial score (nSPS) is 17.8. The van der Waals surface area contributed by atoms with E-state index < -0.39 is 5.97 Å². The van der Waals surface area contributed by atoms with Gasteiger partial charge in [0.25, 0.3) is 0 Å². The van der Waals surface area contributed by atoms with Crippen LogP contribution in [0, 0.1) is 16.7 Å². The minimum atomic E-state index is -0.760. The summed E-state index contributed by atoms with van der Waals surface area (Å²) in [7, 11) is 0. The highest BCUT2D eigenvalue weighted by molar-refractivity contribution is 5.66. The van der Waals surface area contributed by atoms with E-state index in [0.29, 0.717) is 13.0 Å². The molecule has 0 saturated heterocycles. The third kappa shape index (κ3) is 4.35. The molecule has 4 nitrogen and oxygen atoms in total. The van der Waals surface area contributed by atoms with Crippen LogP contribution in [0.2, 0.25) is 0 Å². The Balaban J connectivity index is 2.59. The second-order valence-corrected chi connectivity index (χ2v) is 6.07. The van der Waals surface area contributed by atoms with Crippen molar-refractivity contribution >= 4 is 5.97 Å². The Kier molecular flexibility index (Phi) is 4.16. The number of carboxylic acids is 1. The van der Waals surface area contributed by atoms with Gasteiger partial charge in [0.05, 0.1) is 12.5 Å². The summed E-state index contributed by atoms with van der Waals surface area (Å²) in [6, 6.07) is 2.25. The van der Waals surface area contributed by atoms with Crippen LogP contribution in [0.15, 0.2) is 0 Å². The van der Waals surface area contributed by atoms with Crippen molar-refractivity contribution in [1.29, 1.82) is 5.26 Å². The maximum atomic E-state index is 10.7. The second kappa shape index (κ2) is 5.05. The topological polar surface area (TPSA) is 64.3 Å². The molecule has 1 rings (SSSR count). The number of nitrogens with zero attached hydrogens (tertiary/aromatic N) is 2. The van der Waals surface area contributed by atoms with Crippen molar-refractivity contribution in [1.82, 2.24) is 4.90 Å². The summed E-state index contributed by atoms with van der Waals surface area (Å²) in [6.45, 7) is 7.69. The predicted molar refractivity (Wildman–Crippen MR) is 65.5 cm³/mol. The first-order valence-corrected chi connectivity index (χ1v) is 6.13. The molecular formula is C13H22N2O2. The van der Waals surface area contributed by atoms with Gasteiger partial charge in [0.15, 0.2) is 0 Å². The lowest BCUT2D eigenvalue weighted by Gasteiger charge is -2.37. The van der Waals surface area contributed by atoms with Gasteiger partial charge in [-0.05, 0) is 39.0 Å². The van der Waals surface area contributed by atoms with Crippen molar-refractivity contribution in [2.45, 2.75) is 52.0 Å². The van der Waals surface area contributed by atoms with Gasteiger partial charge in [0.1, 0.15) is 0 Å². The van der Waals surface area contributed by atoms with E-state index in [4.69, 9.17) is 10.4 Å². The number of hydrogen-bond donors (Lipinski definition) is 1. The van der Waals surface area contributed by atoms with E-state index in [1.54, 1.807) is 0 Å². The molecule has 0 aromatic carbocycles. The average molecular weight is 238 g/mol. The van der Waals surface area contributed by atoms with Gasteiger partial charge in [0, 0.05) is 25.0 Å². The predicted octanol–water partition coefficient (Wildman–Crippen LogP) is 2.26. The third-order valence-corrected chi connectivity index (χ3v) is 3.48. The lowest BCUT2D eigenvalue weighted by Crippen LogP contribution is -2.45. The summed E-state index contributed by atoms with van der Waals surface area (Å²) in [5.41, 5.74) is 0.0982. The number of aliphatic carboxylic acids is 1. The molecular weight excluding hydrogens is 216 g/mol. The number of rotatable bonds is 6.